The van der Waals surface area contributed by atoms with Gasteiger partial charge in [0.05, 0.1) is 5.92 Å². The Bertz CT molecular complexity index is 610. The van der Waals surface area contributed by atoms with E-state index in [0.29, 0.717) is 11.3 Å². The second kappa shape index (κ2) is 7.02. The van der Waals surface area contributed by atoms with E-state index in [0.717, 1.165) is 18.4 Å². The molecule has 110 valence electrons. The number of anilines is 1. The summed E-state index contributed by atoms with van der Waals surface area (Å²) in [4.78, 5) is 12.5. The number of hydrogen-bond acceptors (Lipinski definition) is 1. The van der Waals surface area contributed by atoms with Crippen LogP contribution in [0.25, 0.3) is 0 Å². The van der Waals surface area contributed by atoms with Crippen LogP contribution >= 0.6 is 0 Å². The number of hydrogen-bond donors (Lipinski definition) is 1. The van der Waals surface area contributed by atoms with Gasteiger partial charge in [0.25, 0.3) is 0 Å². The molecule has 0 aliphatic heterocycles. The fraction of sp³-hybridized carbons (Fsp3) is 0.278. The standard InChI is InChI=1S/C18H20FNO/c1-3-7-16(14-8-5-4-6-9-14)18(21)20-15-11-10-13(2)17(19)12-15/h4-6,8-12,16H,3,7H2,1-2H3,(H,20,21). The quantitative estimate of drug-likeness (QED) is 0.850. The molecule has 1 unspecified atom stereocenters. The van der Waals surface area contributed by atoms with Crippen molar-refractivity contribution in [3.05, 3.63) is 65.5 Å². The van der Waals surface area contributed by atoms with Crippen LogP contribution in [0.4, 0.5) is 10.1 Å². The van der Waals surface area contributed by atoms with Crippen molar-refractivity contribution < 1.29 is 9.18 Å². The van der Waals surface area contributed by atoms with Crippen LogP contribution < -0.4 is 5.32 Å². The Morgan fingerprint density at radius 3 is 2.52 bits per heavy atom. The summed E-state index contributed by atoms with van der Waals surface area (Å²) in [5, 5.41) is 2.81. The maximum Gasteiger partial charge on any atom is 0.231 e. The highest BCUT2D eigenvalue weighted by molar-refractivity contribution is 5.95. The number of benzene rings is 2. The highest BCUT2D eigenvalue weighted by Crippen LogP contribution is 2.23. The Morgan fingerprint density at radius 2 is 1.90 bits per heavy atom. The zero-order chi connectivity index (χ0) is 15.2. The summed E-state index contributed by atoms with van der Waals surface area (Å²) in [6, 6.07) is 14.5. The number of carbonyl (C=O) groups is 1. The molecule has 0 radical (unpaired) electrons. The van der Waals surface area contributed by atoms with Gasteiger partial charge in [-0.25, -0.2) is 4.39 Å². The first-order valence-electron chi connectivity index (χ1n) is 7.23. The molecule has 0 fully saturated rings. The first-order chi connectivity index (χ1) is 10.1. The van der Waals surface area contributed by atoms with Crippen LogP contribution in [0.1, 0.15) is 36.8 Å². The van der Waals surface area contributed by atoms with E-state index in [4.69, 9.17) is 0 Å². The van der Waals surface area contributed by atoms with Crippen LogP contribution in [0.15, 0.2) is 48.5 Å². The minimum Gasteiger partial charge on any atom is -0.325 e. The van der Waals surface area contributed by atoms with Gasteiger partial charge in [-0.2, -0.15) is 0 Å². The highest BCUT2D eigenvalue weighted by Gasteiger charge is 2.19. The fourth-order valence-electron chi connectivity index (χ4n) is 2.32. The minimum atomic E-state index is -0.306. The number of amides is 1. The van der Waals surface area contributed by atoms with E-state index < -0.39 is 0 Å². The Morgan fingerprint density at radius 1 is 1.19 bits per heavy atom. The maximum absolute atomic E-state index is 13.6. The lowest BCUT2D eigenvalue weighted by Crippen LogP contribution is -2.21. The van der Waals surface area contributed by atoms with Gasteiger partial charge in [0, 0.05) is 5.69 Å². The van der Waals surface area contributed by atoms with E-state index >= 15 is 0 Å². The molecule has 1 atom stereocenters. The van der Waals surface area contributed by atoms with Gasteiger partial charge in [-0.05, 0) is 36.6 Å². The van der Waals surface area contributed by atoms with Crippen LogP contribution in [-0.2, 0) is 4.79 Å². The number of rotatable bonds is 5. The van der Waals surface area contributed by atoms with Gasteiger partial charge >= 0.3 is 0 Å². The summed E-state index contributed by atoms with van der Waals surface area (Å²) >= 11 is 0. The van der Waals surface area contributed by atoms with Gasteiger partial charge in [-0.15, -0.1) is 0 Å². The van der Waals surface area contributed by atoms with Crippen molar-refractivity contribution in [2.24, 2.45) is 0 Å². The Labute approximate surface area is 125 Å². The molecule has 2 rings (SSSR count). The normalized spacial score (nSPS) is 12.0. The molecule has 2 aromatic rings. The molecular weight excluding hydrogens is 265 g/mol. The van der Waals surface area contributed by atoms with Crippen molar-refractivity contribution in [3.63, 3.8) is 0 Å². The SMILES string of the molecule is CCCC(C(=O)Nc1ccc(C)c(F)c1)c1ccccc1. The van der Waals surface area contributed by atoms with Crippen LogP contribution in [0.3, 0.4) is 0 Å². The van der Waals surface area contributed by atoms with E-state index in [-0.39, 0.29) is 17.6 Å². The largest absolute Gasteiger partial charge is 0.325 e. The third kappa shape index (κ3) is 3.91. The molecule has 0 saturated heterocycles. The van der Waals surface area contributed by atoms with Crippen molar-refractivity contribution in [2.75, 3.05) is 5.32 Å². The second-order valence-corrected chi connectivity index (χ2v) is 5.21. The predicted octanol–water partition coefficient (Wildman–Crippen LogP) is 4.66. The molecule has 0 saturated carbocycles. The highest BCUT2D eigenvalue weighted by atomic mass is 19.1. The molecule has 2 nitrogen and oxygen atoms in total. The second-order valence-electron chi connectivity index (χ2n) is 5.21. The molecule has 1 amide bonds. The van der Waals surface area contributed by atoms with Gasteiger partial charge in [0.1, 0.15) is 5.82 Å². The number of nitrogens with one attached hydrogen (secondary N) is 1. The van der Waals surface area contributed by atoms with Gasteiger partial charge in [-0.3, -0.25) is 4.79 Å². The van der Waals surface area contributed by atoms with Gasteiger partial charge in [-0.1, -0.05) is 49.7 Å². The van der Waals surface area contributed by atoms with E-state index in [1.807, 2.05) is 30.3 Å². The van der Waals surface area contributed by atoms with Gasteiger partial charge < -0.3 is 5.32 Å². The summed E-state index contributed by atoms with van der Waals surface area (Å²) in [6.07, 6.45) is 1.68. The first-order valence-corrected chi connectivity index (χ1v) is 7.23. The molecule has 0 heterocycles. The van der Waals surface area contributed by atoms with Crippen LogP contribution in [0, 0.1) is 12.7 Å². The number of aryl methyl sites for hydroxylation is 1. The third-order valence-corrected chi connectivity index (χ3v) is 3.54. The summed E-state index contributed by atoms with van der Waals surface area (Å²) in [7, 11) is 0. The van der Waals surface area contributed by atoms with Crippen molar-refractivity contribution in [1.29, 1.82) is 0 Å². The molecule has 0 aromatic heterocycles. The van der Waals surface area contributed by atoms with E-state index in [1.54, 1.807) is 19.1 Å². The average Bonchev–Trinajstić information content (AvgIpc) is 2.49. The zero-order valence-corrected chi connectivity index (χ0v) is 12.4. The predicted molar refractivity (Wildman–Crippen MR) is 83.9 cm³/mol. The summed E-state index contributed by atoms with van der Waals surface area (Å²) < 4.78 is 13.6. The van der Waals surface area contributed by atoms with E-state index in [9.17, 15) is 9.18 Å². The van der Waals surface area contributed by atoms with Crippen molar-refractivity contribution in [1.82, 2.24) is 0 Å². The molecule has 0 aliphatic carbocycles. The Balaban J connectivity index is 2.17. The molecule has 3 heteroatoms. The van der Waals surface area contributed by atoms with Crippen molar-refractivity contribution in [2.45, 2.75) is 32.6 Å². The fourth-order valence-corrected chi connectivity index (χ4v) is 2.32. The summed E-state index contributed by atoms with van der Waals surface area (Å²) in [6.45, 7) is 3.75. The zero-order valence-electron chi connectivity index (χ0n) is 12.4. The molecule has 21 heavy (non-hydrogen) atoms. The Kier molecular flexibility index (Phi) is 5.09. The molecule has 1 N–H and O–H groups in total. The monoisotopic (exact) mass is 285 g/mol. The van der Waals surface area contributed by atoms with Gasteiger partial charge in [0.2, 0.25) is 5.91 Å². The maximum atomic E-state index is 13.6. The van der Waals surface area contributed by atoms with Gasteiger partial charge in [0.15, 0.2) is 0 Å². The van der Waals surface area contributed by atoms with Crippen molar-refractivity contribution in [3.8, 4) is 0 Å². The Hall–Kier alpha value is -2.16. The molecule has 0 bridgehead atoms. The molecule has 0 aliphatic rings. The lowest BCUT2D eigenvalue weighted by atomic mass is 9.93. The average molecular weight is 285 g/mol. The third-order valence-electron chi connectivity index (χ3n) is 3.54. The van der Waals surface area contributed by atoms with E-state index in [2.05, 4.69) is 12.2 Å². The summed E-state index contributed by atoms with van der Waals surface area (Å²) in [5.41, 5.74) is 2.06. The van der Waals surface area contributed by atoms with Crippen LogP contribution in [-0.4, -0.2) is 5.91 Å². The van der Waals surface area contributed by atoms with Crippen LogP contribution in [0.5, 0.6) is 0 Å². The van der Waals surface area contributed by atoms with Crippen LogP contribution in [0.2, 0.25) is 0 Å². The van der Waals surface area contributed by atoms with Crippen molar-refractivity contribution >= 4 is 11.6 Å². The lowest BCUT2D eigenvalue weighted by molar-refractivity contribution is -0.117. The molecular formula is C18H20FNO. The molecule has 2 aromatic carbocycles. The number of halogens is 1. The smallest absolute Gasteiger partial charge is 0.231 e. The summed E-state index contributed by atoms with van der Waals surface area (Å²) in [5.74, 6) is -0.605. The topological polar surface area (TPSA) is 29.1 Å². The van der Waals surface area contributed by atoms with E-state index in [1.165, 1.54) is 6.07 Å². The minimum absolute atomic E-state index is 0.0914. The number of carbonyl (C=O) groups excluding carboxylic acids is 1. The lowest BCUT2D eigenvalue weighted by Gasteiger charge is -2.16. The first kappa shape index (κ1) is 15.2. The molecule has 0 spiro atoms.